The summed E-state index contributed by atoms with van der Waals surface area (Å²) in [6, 6.07) is 13.6. The van der Waals surface area contributed by atoms with Gasteiger partial charge in [0.25, 0.3) is 5.56 Å². The maximum Gasteiger partial charge on any atom is 0.254 e. The summed E-state index contributed by atoms with van der Waals surface area (Å²) >= 11 is 0. The number of benzene rings is 2. The number of hydrogen-bond donors (Lipinski definition) is 2. The van der Waals surface area contributed by atoms with E-state index in [1.807, 2.05) is 30.3 Å². The summed E-state index contributed by atoms with van der Waals surface area (Å²) in [4.78, 5) is 19.5. The van der Waals surface area contributed by atoms with Gasteiger partial charge in [-0.05, 0) is 48.1 Å². The van der Waals surface area contributed by atoms with Crippen LogP contribution in [0, 0.1) is 5.82 Å². The van der Waals surface area contributed by atoms with Crippen LogP contribution in [-0.2, 0) is 22.9 Å². The molecule has 4 rings (SSSR count). The van der Waals surface area contributed by atoms with Crippen molar-refractivity contribution in [2.75, 3.05) is 6.26 Å². The molecule has 6 nitrogen and oxygen atoms in total. The lowest BCUT2D eigenvalue weighted by atomic mass is 9.79. The van der Waals surface area contributed by atoms with Crippen LogP contribution >= 0.6 is 0 Å². The standard InChI is InChI=1S/C22H22FN3O3S/c1-30(28,29)26-19-8-9-20-21(22(27)25-13-24-20)18(19)11-14-4-2-5-15(10-14)16-6-3-7-17(23)12-16/h2-7,10,12-13,18-19,26H,8-9,11H2,1H3,(H,24,25,27). The first kappa shape index (κ1) is 20.4. The molecule has 1 aliphatic carbocycles. The number of fused-ring (bicyclic) bond motifs is 1. The van der Waals surface area contributed by atoms with E-state index < -0.39 is 16.1 Å². The Morgan fingerprint density at radius 2 is 1.90 bits per heavy atom. The minimum absolute atomic E-state index is 0.244. The van der Waals surface area contributed by atoms with E-state index in [0.717, 1.165) is 22.9 Å². The molecule has 156 valence electrons. The van der Waals surface area contributed by atoms with Gasteiger partial charge in [0.15, 0.2) is 0 Å². The van der Waals surface area contributed by atoms with Crippen molar-refractivity contribution in [1.29, 1.82) is 0 Å². The fraction of sp³-hybridized carbons (Fsp3) is 0.273. The van der Waals surface area contributed by atoms with Gasteiger partial charge < -0.3 is 4.98 Å². The number of sulfonamides is 1. The molecule has 2 atom stereocenters. The van der Waals surface area contributed by atoms with E-state index in [0.29, 0.717) is 30.5 Å². The predicted molar refractivity (Wildman–Crippen MR) is 113 cm³/mol. The van der Waals surface area contributed by atoms with Gasteiger partial charge in [-0.2, -0.15) is 0 Å². The molecule has 0 radical (unpaired) electrons. The third-order valence-corrected chi connectivity index (χ3v) is 6.16. The third-order valence-electron chi connectivity index (χ3n) is 5.43. The van der Waals surface area contributed by atoms with E-state index in [4.69, 9.17) is 0 Å². The van der Waals surface area contributed by atoms with Crippen LogP contribution in [0.5, 0.6) is 0 Å². The highest BCUT2D eigenvalue weighted by molar-refractivity contribution is 7.88. The van der Waals surface area contributed by atoms with Crippen molar-refractivity contribution in [3.63, 3.8) is 0 Å². The maximum absolute atomic E-state index is 13.6. The molecule has 30 heavy (non-hydrogen) atoms. The number of hydrogen-bond acceptors (Lipinski definition) is 4. The van der Waals surface area contributed by atoms with Crippen LogP contribution in [0.1, 0.15) is 29.2 Å². The molecule has 1 aromatic heterocycles. The van der Waals surface area contributed by atoms with Crippen LogP contribution in [0.15, 0.2) is 59.7 Å². The summed E-state index contributed by atoms with van der Waals surface area (Å²) in [5, 5.41) is 0. The van der Waals surface area contributed by atoms with Gasteiger partial charge in [-0.25, -0.2) is 22.5 Å². The average molecular weight is 428 g/mol. The van der Waals surface area contributed by atoms with Gasteiger partial charge in [0.05, 0.1) is 18.3 Å². The zero-order valence-corrected chi connectivity index (χ0v) is 17.2. The van der Waals surface area contributed by atoms with Crippen molar-refractivity contribution in [3.05, 3.63) is 87.9 Å². The lowest BCUT2D eigenvalue weighted by Crippen LogP contribution is -2.44. The Kier molecular flexibility index (Phi) is 5.53. The summed E-state index contributed by atoms with van der Waals surface area (Å²) in [6.07, 6.45) is 4.06. The van der Waals surface area contributed by atoms with Gasteiger partial charge in [0, 0.05) is 17.5 Å². The van der Waals surface area contributed by atoms with E-state index in [9.17, 15) is 17.6 Å². The third kappa shape index (κ3) is 4.49. The van der Waals surface area contributed by atoms with Gasteiger partial charge in [0.1, 0.15) is 5.82 Å². The van der Waals surface area contributed by atoms with Gasteiger partial charge in [-0.15, -0.1) is 0 Å². The Hall–Kier alpha value is -2.84. The van der Waals surface area contributed by atoms with E-state index in [1.165, 1.54) is 18.5 Å². The van der Waals surface area contributed by atoms with Gasteiger partial charge >= 0.3 is 0 Å². The molecular formula is C22H22FN3O3S. The first-order chi connectivity index (χ1) is 14.3. The largest absolute Gasteiger partial charge is 0.313 e. The van der Waals surface area contributed by atoms with E-state index in [-0.39, 0.29) is 17.3 Å². The van der Waals surface area contributed by atoms with Crippen molar-refractivity contribution < 1.29 is 12.8 Å². The van der Waals surface area contributed by atoms with Crippen molar-refractivity contribution >= 4 is 10.0 Å². The smallest absolute Gasteiger partial charge is 0.254 e. The second kappa shape index (κ2) is 8.12. The quantitative estimate of drug-likeness (QED) is 0.655. The molecule has 0 amide bonds. The number of rotatable bonds is 5. The van der Waals surface area contributed by atoms with Crippen LogP contribution in [-0.4, -0.2) is 30.7 Å². The highest BCUT2D eigenvalue weighted by Crippen LogP contribution is 2.32. The van der Waals surface area contributed by atoms with E-state index in [2.05, 4.69) is 14.7 Å². The zero-order valence-electron chi connectivity index (χ0n) is 16.4. The molecular weight excluding hydrogens is 405 g/mol. The zero-order chi connectivity index (χ0) is 21.3. The monoisotopic (exact) mass is 427 g/mol. The average Bonchev–Trinajstić information content (AvgIpc) is 2.69. The van der Waals surface area contributed by atoms with Crippen LogP contribution < -0.4 is 10.3 Å². The van der Waals surface area contributed by atoms with Crippen molar-refractivity contribution in [3.8, 4) is 11.1 Å². The van der Waals surface area contributed by atoms with Gasteiger partial charge in [0.2, 0.25) is 10.0 Å². The Morgan fingerprint density at radius 1 is 1.17 bits per heavy atom. The van der Waals surface area contributed by atoms with E-state index >= 15 is 0 Å². The fourth-order valence-corrected chi connectivity index (χ4v) is 5.02. The topological polar surface area (TPSA) is 91.9 Å². The summed E-state index contributed by atoms with van der Waals surface area (Å²) in [7, 11) is -3.44. The molecule has 3 aromatic rings. The number of aryl methyl sites for hydroxylation is 1. The minimum atomic E-state index is -3.44. The minimum Gasteiger partial charge on any atom is -0.313 e. The number of H-pyrrole nitrogens is 1. The van der Waals surface area contributed by atoms with Crippen LogP contribution in [0.4, 0.5) is 4.39 Å². The number of halogens is 1. The van der Waals surface area contributed by atoms with Gasteiger partial charge in [-0.1, -0.05) is 36.4 Å². The van der Waals surface area contributed by atoms with Gasteiger partial charge in [-0.3, -0.25) is 4.79 Å². The molecule has 0 aliphatic heterocycles. The highest BCUT2D eigenvalue weighted by Gasteiger charge is 2.34. The van der Waals surface area contributed by atoms with Crippen molar-refractivity contribution in [1.82, 2.24) is 14.7 Å². The normalized spacial score (nSPS) is 18.7. The number of nitrogens with one attached hydrogen (secondary N) is 2. The molecule has 0 fully saturated rings. The molecule has 0 bridgehead atoms. The lowest BCUT2D eigenvalue weighted by Gasteiger charge is -2.32. The van der Waals surface area contributed by atoms with Crippen molar-refractivity contribution in [2.45, 2.75) is 31.2 Å². The number of aromatic nitrogens is 2. The number of nitrogens with zero attached hydrogens (tertiary/aromatic N) is 1. The molecule has 2 N–H and O–H groups in total. The van der Waals surface area contributed by atoms with Crippen molar-refractivity contribution in [2.24, 2.45) is 0 Å². The van der Waals surface area contributed by atoms with Crippen LogP contribution in [0.2, 0.25) is 0 Å². The molecule has 0 spiro atoms. The molecule has 2 unspecified atom stereocenters. The SMILES string of the molecule is CS(=O)(=O)NC1CCc2nc[nH]c(=O)c2C1Cc1cccc(-c2cccc(F)c2)c1. The second-order valence-corrected chi connectivity index (χ2v) is 9.43. The summed E-state index contributed by atoms with van der Waals surface area (Å²) in [6.45, 7) is 0. The molecule has 0 saturated carbocycles. The van der Waals surface area contributed by atoms with Crippen LogP contribution in [0.25, 0.3) is 11.1 Å². The summed E-state index contributed by atoms with van der Waals surface area (Å²) in [5.74, 6) is -0.669. The maximum atomic E-state index is 13.6. The summed E-state index contributed by atoms with van der Waals surface area (Å²) < 4.78 is 40.2. The fourth-order valence-electron chi connectivity index (χ4n) is 4.18. The highest BCUT2D eigenvalue weighted by atomic mass is 32.2. The molecule has 1 aliphatic rings. The van der Waals surface area contributed by atoms with E-state index in [1.54, 1.807) is 6.07 Å². The molecule has 0 saturated heterocycles. The Bertz CT molecular complexity index is 1240. The molecule has 1 heterocycles. The van der Waals surface area contributed by atoms with Crippen LogP contribution in [0.3, 0.4) is 0 Å². The lowest BCUT2D eigenvalue weighted by molar-refractivity contribution is 0.422. The predicted octanol–water partition coefficient (Wildman–Crippen LogP) is 2.77. The first-order valence-corrected chi connectivity index (χ1v) is 11.6. The Morgan fingerprint density at radius 3 is 2.63 bits per heavy atom. The first-order valence-electron chi connectivity index (χ1n) is 9.69. The summed E-state index contributed by atoms with van der Waals surface area (Å²) in [5.41, 5.74) is 3.53. The Labute approximate surface area is 174 Å². The Balaban J connectivity index is 1.72. The molecule has 2 aromatic carbocycles. The molecule has 8 heteroatoms. The second-order valence-electron chi connectivity index (χ2n) is 7.65. The number of aromatic amines is 1.